The summed E-state index contributed by atoms with van der Waals surface area (Å²) in [5, 5.41) is 42.7. The van der Waals surface area contributed by atoms with Crippen molar-refractivity contribution in [1.29, 1.82) is 0 Å². The highest BCUT2D eigenvalue weighted by Gasteiger charge is 2.27. The van der Waals surface area contributed by atoms with Gasteiger partial charge >= 0.3 is 5.69 Å². The van der Waals surface area contributed by atoms with Gasteiger partial charge in [-0.1, -0.05) is 0 Å². The van der Waals surface area contributed by atoms with E-state index in [-0.39, 0.29) is 18.1 Å². The number of fused-ring (bicyclic) bond motifs is 2. The standard InChI is InChI=1S/C20H28N6O6/c1-10-6-12-13(7-11(10)21-4-5-25(2)3)26(8-14(28)17(30)15(29)9-27)18-16(22-12)19(31)24-20(32)23-18/h6-7,14-15,17,21,27-30H,4-5,8-9H2,1-3H3,(H,24,31,32)/t14-,15+,17-/m0/s1. The Morgan fingerprint density at radius 2 is 1.88 bits per heavy atom. The molecule has 174 valence electrons. The predicted molar refractivity (Wildman–Crippen MR) is 118 cm³/mol. The SMILES string of the molecule is Cc1cc2nc3c(=O)[nH]c(=O)nc-3n(C[C@H](O)[C@H](O)[C@H](O)CO)c2cc1NCCN(C)C. The molecule has 0 bridgehead atoms. The number of likely N-dealkylation sites (N-methyl/N-ethyl adjacent to an activating group) is 1. The fraction of sp³-hybridized carbons (Fsp3) is 0.500. The van der Waals surface area contributed by atoms with Gasteiger partial charge in [0.15, 0.2) is 11.5 Å². The second-order valence-corrected chi connectivity index (χ2v) is 7.96. The summed E-state index contributed by atoms with van der Waals surface area (Å²) in [4.78, 5) is 36.5. The fourth-order valence-electron chi connectivity index (χ4n) is 3.39. The molecule has 3 rings (SSSR count). The average Bonchev–Trinajstić information content (AvgIpc) is 2.73. The monoisotopic (exact) mass is 448 g/mol. The zero-order chi connectivity index (χ0) is 23.6. The molecule has 1 aromatic rings. The summed E-state index contributed by atoms with van der Waals surface area (Å²) in [7, 11) is 3.91. The smallest absolute Gasteiger partial charge is 0.349 e. The maximum Gasteiger partial charge on any atom is 0.349 e. The number of rotatable bonds is 9. The van der Waals surface area contributed by atoms with Gasteiger partial charge in [0.1, 0.15) is 18.3 Å². The van der Waals surface area contributed by atoms with Gasteiger partial charge in [-0.3, -0.25) is 9.78 Å². The summed E-state index contributed by atoms with van der Waals surface area (Å²) in [6.07, 6.45) is -4.76. The lowest BCUT2D eigenvalue weighted by molar-refractivity contribution is -0.0802. The third-order valence-corrected chi connectivity index (χ3v) is 5.17. The topological polar surface area (TPSA) is 177 Å². The van der Waals surface area contributed by atoms with Crippen molar-refractivity contribution >= 4 is 16.7 Å². The van der Waals surface area contributed by atoms with Crippen LogP contribution in [-0.4, -0.2) is 96.9 Å². The van der Waals surface area contributed by atoms with Crippen LogP contribution >= 0.6 is 0 Å². The highest BCUT2D eigenvalue weighted by molar-refractivity contribution is 5.84. The van der Waals surface area contributed by atoms with Crippen LogP contribution in [0.2, 0.25) is 0 Å². The summed E-state index contributed by atoms with van der Waals surface area (Å²) < 4.78 is 1.41. The van der Waals surface area contributed by atoms with Gasteiger partial charge in [-0.2, -0.15) is 4.98 Å². The quantitative estimate of drug-likeness (QED) is 0.200. The van der Waals surface area contributed by atoms with E-state index in [1.165, 1.54) is 4.57 Å². The number of hydrogen-bond acceptors (Lipinski definition) is 10. The Morgan fingerprint density at radius 1 is 1.16 bits per heavy atom. The Morgan fingerprint density at radius 3 is 2.53 bits per heavy atom. The number of aromatic amines is 1. The first-order valence-electron chi connectivity index (χ1n) is 10.1. The van der Waals surface area contributed by atoms with Crippen LogP contribution in [0.3, 0.4) is 0 Å². The van der Waals surface area contributed by atoms with Crippen molar-refractivity contribution in [2.75, 3.05) is 39.1 Å². The lowest BCUT2D eigenvalue weighted by atomic mass is 10.1. The van der Waals surface area contributed by atoms with Crippen LogP contribution in [0.5, 0.6) is 0 Å². The number of anilines is 1. The minimum Gasteiger partial charge on any atom is -0.394 e. The molecule has 2 aliphatic rings. The van der Waals surface area contributed by atoms with Crippen molar-refractivity contribution in [2.24, 2.45) is 0 Å². The third-order valence-electron chi connectivity index (χ3n) is 5.17. The fourth-order valence-corrected chi connectivity index (χ4v) is 3.39. The highest BCUT2D eigenvalue weighted by Crippen LogP contribution is 2.27. The minimum atomic E-state index is -1.66. The number of benzene rings is 1. The number of aliphatic hydroxyl groups excluding tert-OH is 4. The summed E-state index contributed by atoms with van der Waals surface area (Å²) in [6.45, 7) is 2.26. The van der Waals surface area contributed by atoms with E-state index in [0.29, 0.717) is 17.6 Å². The zero-order valence-electron chi connectivity index (χ0n) is 18.1. The summed E-state index contributed by atoms with van der Waals surface area (Å²) in [5.41, 5.74) is 0.823. The van der Waals surface area contributed by atoms with Crippen molar-refractivity contribution in [1.82, 2.24) is 24.4 Å². The number of H-pyrrole nitrogens is 1. The van der Waals surface area contributed by atoms with E-state index < -0.39 is 36.2 Å². The maximum absolute atomic E-state index is 12.4. The van der Waals surface area contributed by atoms with Gasteiger partial charge in [0.25, 0.3) is 5.56 Å². The molecule has 32 heavy (non-hydrogen) atoms. The van der Waals surface area contributed by atoms with Crippen LogP contribution < -0.4 is 16.6 Å². The van der Waals surface area contributed by atoms with Gasteiger partial charge < -0.3 is 35.2 Å². The summed E-state index contributed by atoms with van der Waals surface area (Å²) in [6, 6.07) is 3.53. The molecule has 0 saturated carbocycles. The number of hydrogen-bond donors (Lipinski definition) is 6. The number of aliphatic hydroxyl groups is 4. The molecule has 0 aromatic heterocycles. The van der Waals surface area contributed by atoms with Gasteiger partial charge in [-0.15, -0.1) is 0 Å². The van der Waals surface area contributed by atoms with Crippen LogP contribution in [-0.2, 0) is 6.54 Å². The molecule has 6 N–H and O–H groups in total. The van der Waals surface area contributed by atoms with Crippen LogP contribution in [0, 0.1) is 6.92 Å². The van der Waals surface area contributed by atoms with Crippen molar-refractivity contribution in [3.05, 3.63) is 38.5 Å². The highest BCUT2D eigenvalue weighted by atomic mass is 16.4. The van der Waals surface area contributed by atoms with Crippen LogP contribution in [0.1, 0.15) is 5.56 Å². The Hall–Kier alpha value is -2.90. The van der Waals surface area contributed by atoms with E-state index >= 15 is 0 Å². The maximum atomic E-state index is 12.4. The molecular formula is C20H28N6O6. The van der Waals surface area contributed by atoms with E-state index in [1.807, 2.05) is 25.9 Å². The van der Waals surface area contributed by atoms with Crippen molar-refractivity contribution in [2.45, 2.75) is 31.8 Å². The molecule has 2 heterocycles. The van der Waals surface area contributed by atoms with Crippen LogP contribution in [0.15, 0.2) is 21.7 Å². The van der Waals surface area contributed by atoms with Gasteiger partial charge in [0.2, 0.25) is 0 Å². The molecule has 1 aromatic carbocycles. The van der Waals surface area contributed by atoms with Crippen LogP contribution in [0.25, 0.3) is 22.6 Å². The predicted octanol–water partition coefficient (Wildman–Crippen LogP) is -2.06. The van der Waals surface area contributed by atoms with Gasteiger partial charge in [0, 0.05) is 18.8 Å². The van der Waals surface area contributed by atoms with Crippen molar-refractivity contribution in [3.8, 4) is 11.5 Å². The Kier molecular flexibility index (Phi) is 7.21. The van der Waals surface area contributed by atoms with Crippen molar-refractivity contribution < 1.29 is 20.4 Å². The molecule has 0 amide bonds. The summed E-state index contributed by atoms with van der Waals surface area (Å²) in [5.74, 6) is -0.0703. The minimum absolute atomic E-state index is 0.0703. The second kappa shape index (κ2) is 9.71. The van der Waals surface area contributed by atoms with E-state index in [1.54, 1.807) is 12.1 Å². The largest absolute Gasteiger partial charge is 0.394 e. The number of nitrogens with zero attached hydrogens (tertiary/aromatic N) is 4. The first kappa shape index (κ1) is 23.8. The molecule has 0 fully saturated rings. The van der Waals surface area contributed by atoms with Gasteiger partial charge in [0.05, 0.1) is 24.2 Å². The normalized spacial score (nSPS) is 14.8. The van der Waals surface area contributed by atoms with E-state index in [0.717, 1.165) is 17.8 Å². The summed E-state index contributed by atoms with van der Waals surface area (Å²) >= 11 is 0. The molecule has 0 spiro atoms. The second-order valence-electron chi connectivity index (χ2n) is 7.96. The van der Waals surface area contributed by atoms with E-state index in [9.17, 15) is 24.9 Å². The first-order valence-corrected chi connectivity index (χ1v) is 10.1. The van der Waals surface area contributed by atoms with Gasteiger partial charge in [-0.05, 0) is 38.7 Å². The number of aryl methyl sites for hydroxylation is 1. The molecule has 2 aliphatic heterocycles. The number of nitrogens with one attached hydrogen (secondary N) is 2. The molecule has 12 nitrogen and oxygen atoms in total. The van der Waals surface area contributed by atoms with Crippen LogP contribution in [0.4, 0.5) is 5.69 Å². The Labute approximate surface area is 183 Å². The molecule has 0 saturated heterocycles. The average molecular weight is 448 g/mol. The van der Waals surface area contributed by atoms with Crippen molar-refractivity contribution in [3.63, 3.8) is 0 Å². The molecular weight excluding hydrogens is 420 g/mol. The Bertz CT molecular complexity index is 1180. The van der Waals surface area contributed by atoms with Gasteiger partial charge in [-0.25, -0.2) is 9.78 Å². The molecule has 0 radical (unpaired) electrons. The molecule has 12 heteroatoms. The number of aromatic nitrogens is 4. The first-order chi connectivity index (χ1) is 15.1. The molecule has 3 atom stereocenters. The zero-order valence-corrected chi connectivity index (χ0v) is 18.1. The molecule has 0 unspecified atom stereocenters. The van der Waals surface area contributed by atoms with E-state index in [4.69, 9.17) is 5.11 Å². The lowest BCUT2D eigenvalue weighted by Crippen LogP contribution is -2.42. The van der Waals surface area contributed by atoms with E-state index in [2.05, 4.69) is 20.3 Å². The lowest BCUT2D eigenvalue weighted by Gasteiger charge is -2.25. The Balaban J connectivity index is 2.18. The third kappa shape index (κ3) is 4.95. The molecule has 0 aliphatic carbocycles.